The number of hydrogen-bond acceptors (Lipinski definition) is 6. The number of nitrogens with zero attached hydrogens (tertiary/aromatic N) is 2. The molecule has 0 atom stereocenters. The van der Waals surface area contributed by atoms with Gasteiger partial charge in [-0.2, -0.15) is 8.68 Å². The molecule has 2 heterocycles. The van der Waals surface area contributed by atoms with Gasteiger partial charge >= 0.3 is 0 Å². The minimum Gasteiger partial charge on any atom is -0.495 e. The third kappa shape index (κ3) is 3.48. The third-order valence-corrected chi connectivity index (χ3v) is 7.42. The lowest BCUT2D eigenvalue weighted by Crippen LogP contribution is -2.28. The van der Waals surface area contributed by atoms with Gasteiger partial charge < -0.3 is 10.1 Å². The molecule has 3 aromatic rings. The van der Waals surface area contributed by atoms with E-state index in [-0.39, 0.29) is 22.1 Å². The number of carbonyl (C=O) groups excluding carboxylic acids is 1. The zero-order chi connectivity index (χ0) is 19.7. The largest absolute Gasteiger partial charge is 0.495 e. The van der Waals surface area contributed by atoms with Crippen molar-refractivity contribution in [3.63, 3.8) is 0 Å². The minimum absolute atomic E-state index is 0.0158. The second-order valence-corrected chi connectivity index (χ2v) is 9.25. The van der Waals surface area contributed by atoms with Crippen LogP contribution in [0.2, 0.25) is 0 Å². The highest BCUT2D eigenvalue weighted by atomic mass is 32.2. The number of anilines is 1. The summed E-state index contributed by atoms with van der Waals surface area (Å²) in [5.74, 6) is -0.155. The number of carbonyl (C=O) groups is 1. The first-order chi connectivity index (χ1) is 13.5. The van der Waals surface area contributed by atoms with E-state index < -0.39 is 10.0 Å². The van der Waals surface area contributed by atoms with Gasteiger partial charge in [0.1, 0.15) is 10.6 Å². The number of ether oxygens (including phenoxy) is 1. The van der Waals surface area contributed by atoms with Crippen LogP contribution in [0.1, 0.15) is 23.2 Å². The molecular formula is C19H19N3O4S2. The Morgan fingerprint density at radius 3 is 2.71 bits per heavy atom. The number of benzene rings is 2. The molecule has 146 valence electrons. The van der Waals surface area contributed by atoms with Crippen LogP contribution in [0.5, 0.6) is 5.75 Å². The summed E-state index contributed by atoms with van der Waals surface area (Å²) in [6, 6.07) is 9.98. The molecule has 1 fully saturated rings. The van der Waals surface area contributed by atoms with Gasteiger partial charge in [0.15, 0.2) is 0 Å². The van der Waals surface area contributed by atoms with Crippen molar-refractivity contribution in [3.8, 4) is 5.75 Å². The van der Waals surface area contributed by atoms with Crippen molar-refractivity contribution < 1.29 is 17.9 Å². The van der Waals surface area contributed by atoms with Crippen molar-refractivity contribution in [3.05, 3.63) is 48.2 Å². The Labute approximate surface area is 167 Å². The second kappa shape index (κ2) is 7.50. The van der Waals surface area contributed by atoms with Crippen LogP contribution >= 0.6 is 11.5 Å². The standard InChI is InChI=1S/C19H19N3O4S2/c1-26-16-6-4-13(11-18(16)28(24,25)22-8-2-3-9-22)19(23)21-15-5-7-17-14(10-15)12-20-27-17/h4-7,10-12H,2-3,8-9H2,1H3,(H,21,23). The predicted octanol–water partition coefficient (Wildman–Crippen LogP) is 3.34. The molecule has 0 radical (unpaired) electrons. The Bertz CT molecular complexity index is 1140. The Morgan fingerprint density at radius 2 is 1.96 bits per heavy atom. The van der Waals surface area contributed by atoms with Gasteiger partial charge in [-0.05, 0) is 60.8 Å². The smallest absolute Gasteiger partial charge is 0.255 e. The molecule has 2 aromatic carbocycles. The van der Waals surface area contributed by atoms with Crippen LogP contribution in [-0.4, -0.2) is 43.2 Å². The van der Waals surface area contributed by atoms with Crippen LogP contribution < -0.4 is 10.1 Å². The molecule has 0 saturated carbocycles. The van der Waals surface area contributed by atoms with Crippen molar-refractivity contribution in [2.75, 3.05) is 25.5 Å². The number of rotatable bonds is 5. The minimum atomic E-state index is -3.71. The first-order valence-electron chi connectivity index (χ1n) is 8.83. The maximum absolute atomic E-state index is 13.0. The number of aromatic nitrogens is 1. The van der Waals surface area contributed by atoms with Crippen LogP contribution in [0.4, 0.5) is 5.69 Å². The van der Waals surface area contributed by atoms with E-state index in [0.29, 0.717) is 18.8 Å². The lowest BCUT2D eigenvalue weighted by Gasteiger charge is -2.18. The highest BCUT2D eigenvalue weighted by molar-refractivity contribution is 7.89. The molecular weight excluding hydrogens is 398 g/mol. The van der Waals surface area contributed by atoms with Crippen LogP contribution in [-0.2, 0) is 10.0 Å². The number of methoxy groups -OCH3 is 1. The van der Waals surface area contributed by atoms with E-state index in [1.165, 1.54) is 35.1 Å². The van der Waals surface area contributed by atoms with Crippen LogP contribution in [0, 0.1) is 0 Å². The normalized spacial score (nSPS) is 15.0. The molecule has 0 unspecified atom stereocenters. The maximum Gasteiger partial charge on any atom is 0.255 e. The number of nitrogens with one attached hydrogen (secondary N) is 1. The van der Waals surface area contributed by atoms with E-state index in [1.54, 1.807) is 18.3 Å². The summed E-state index contributed by atoms with van der Waals surface area (Å²) in [5, 5.41) is 3.75. The quantitative estimate of drug-likeness (QED) is 0.688. The van der Waals surface area contributed by atoms with Gasteiger partial charge in [0.25, 0.3) is 5.91 Å². The van der Waals surface area contributed by atoms with Gasteiger partial charge in [-0.3, -0.25) is 4.79 Å². The van der Waals surface area contributed by atoms with Gasteiger partial charge in [-0.1, -0.05) is 0 Å². The highest BCUT2D eigenvalue weighted by Crippen LogP contribution is 2.30. The Kier molecular flexibility index (Phi) is 5.05. The molecule has 28 heavy (non-hydrogen) atoms. The number of fused-ring (bicyclic) bond motifs is 1. The average molecular weight is 418 g/mol. The van der Waals surface area contributed by atoms with Gasteiger partial charge in [-0.15, -0.1) is 0 Å². The lowest BCUT2D eigenvalue weighted by atomic mass is 10.2. The van der Waals surface area contributed by atoms with E-state index in [0.717, 1.165) is 22.9 Å². The predicted molar refractivity (Wildman–Crippen MR) is 109 cm³/mol. The summed E-state index contributed by atoms with van der Waals surface area (Å²) in [5.41, 5.74) is 0.875. The molecule has 1 aliphatic heterocycles. The molecule has 1 saturated heterocycles. The number of amides is 1. The van der Waals surface area contributed by atoms with Crippen molar-refractivity contribution in [1.29, 1.82) is 0 Å². The summed E-state index contributed by atoms with van der Waals surface area (Å²) < 4.78 is 37.8. The molecule has 7 nitrogen and oxygen atoms in total. The fraction of sp³-hybridized carbons (Fsp3) is 0.263. The van der Waals surface area contributed by atoms with E-state index >= 15 is 0 Å². The van der Waals surface area contributed by atoms with Crippen molar-refractivity contribution in [1.82, 2.24) is 8.68 Å². The van der Waals surface area contributed by atoms with E-state index in [9.17, 15) is 13.2 Å². The molecule has 1 aliphatic rings. The Hall–Kier alpha value is -2.49. The maximum atomic E-state index is 13.0. The van der Waals surface area contributed by atoms with Gasteiger partial charge in [0.2, 0.25) is 10.0 Å². The molecule has 0 aliphatic carbocycles. The lowest BCUT2D eigenvalue weighted by molar-refractivity contribution is 0.102. The third-order valence-electron chi connectivity index (χ3n) is 4.72. The second-order valence-electron chi connectivity index (χ2n) is 6.51. The molecule has 0 bridgehead atoms. The molecule has 1 N–H and O–H groups in total. The van der Waals surface area contributed by atoms with Crippen molar-refractivity contribution in [2.45, 2.75) is 17.7 Å². The summed E-state index contributed by atoms with van der Waals surface area (Å²) in [6.45, 7) is 0.965. The summed E-state index contributed by atoms with van der Waals surface area (Å²) in [6.07, 6.45) is 3.41. The molecule has 1 aromatic heterocycles. The van der Waals surface area contributed by atoms with Crippen molar-refractivity contribution >= 4 is 43.2 Å². The van der Waals surface area contributed by atoms with E-state index in [4.69, 9.17) is 4.74 Å². The van der Waals surface area contributed by atoms with Crippen LogP contribution in [0.25, 0.3) is 10.1 Å². The van der Waals surface area contributed by atoms with Crippen LogP contribution in [0.15, 0.2) is 47.5 Å². The topological polar surface area (TPSA) is 88.6 Å². The highest BCUT2D eigenvalue weighted by Gasteiger charge is 2.30. The fourth-order valence-corrected chi connectivity index (χ4v) is 5.56. The zero-order valence-electron chi connectivity index (χ0n) is 15.2. The van der Waals surface area contributed by atoms with Crippen LogP contribution in [0.3, 0.4) is 0 Å². The summed E-state index contributed by atoms with van der Waals surface area (Å²) >= 11 is 1.38. The summed E-state index contributed by atoms with van der Waals surface area (Å²) in [4.78, 5) is 12.7. The first-order valence-corrected chi connectivity index (χ1v) is 11.0. The molecule has 4 rings (SSSR count). The molecule has 0 spiro atoms. The average Bonchev–Trinajstić information content (AvgIpc) is 3.39. The monoisotopic (exact) mass is 417 g/mol. The van der Waals surface area contributed by atoms with Crippen molar-refractivity contribution in [2.24, 2.45) is 0 Å². The van der Waals surface area contributed by atoms with Gasteiger partial charge in [0.05, 0.1) is 11.8 Å². The summed E-state index contributed by atoms with van der Waals surface area (Å²) in [7, 11) is -2.29. The molecule has 9 heteroatoms. The van der Waals surface area contributed by atoms with Gasteiger partial charge in [0, 0.05) is 35.9 Å². The van der Waals surface area contributed by atoms with E-state index in [1.807, 2.05) is 12.1 Å². The SMILES string of the molecule is COc1ccc(C(=O)Nc2ccc3sncc3c2)cc1S(=O)(=O)N1CCCC1. The number of sulfonamides is 1. The van der Waals surface area contributed by atoms with E-state index in [2.05, 4.69) is 9.69 Å². The number of hydrogen-bond donors (Lipinski definition) is 1. The van der Waals surface area contributed by atoms with Gasteiger partial charge in [-0.25, -0.2) is 8.42 Å². The Morgan fingerprint density at radius 1 is 1.18 bits per heavy atom. The zero-order valence-corrected chi connectivity index (χ0v) is 16.8. The molecule has 1 amide bonds. The first kappa shape index (κ1) is 18.9. The fourth-order valence-electron chi connectivity index (χ4n) is 3.24. The Balaban J connectivity index is 1.64.